The Balaban J connectivity index is 1.99. The van der Waals surface area contributed by atoms with Crippen LogP contribution in [0.2, 0.25) is 5.02 Å². The summed E-state index contributed by atoms with van der Waals surface area (Å²) < 4.78 is 24.5. The van der Waals surface area contributed by atoms with Gasteiger partial charge in [-0.25, -0.2) is 13.4 Å². The van der Waals surface area contributed by atoms with Gasteiger partial charge in [0.2, 0.25) is 10.0 Å². The number of nitrogens with one attached hydrogen (secondary N) is 2. The summed E-state index contributed by atoms with van der Waals surface area (Å²) in [7, 11) is -3.28. The van der Waals surface area contributed by atoms with E-state index < -0.39 is 10.0 Å². The van der Waals surface area contributed by atoms with Crippen LogP contribution in [0.5, 0.6) is 0 Å². The van der Waals surface area contributed by atoms with Crippen molar-refractivity contribution in [2.75, 3.05) is 16.3 Å². The first-order valence-electron chi connectivity index (χ1n) is 5.85. The quantitative estimate of drug-likeness (QED) is 0.890. The average Bonchev–Trinajstić information content (AvgIpc) is 2.38. The maximum atomic E-state index is 11.1. The van der Waals surface area contributed by atoms with E-state index in [4.69, 9.17) is 11.6 Å². The normalized spacial score (nSPS) is 11.1. The molecule has 0 aliphatic rings. The molecule has 2 N–H and O–H groups in total. The molecule has 0 radical (unpaired) electrons. The van der Waals surface area contributed by atoms with E-state index in [0.29, 0.717) is 23.1 Å². The monoisotopic (exact) mass is 311 g/mol. The zero-order valence-corrected chi connectivity index (χ0v) is 12.4. The molecule has 1 aromatic heterocycles. The van der Waals surface area contributed by atoms with Crippen LogP contribution >= 0.6 is 11.6 Å². The van der Waals surface area contributed by atoms with Crippen LogP contribution in [0.4, 0.5) is 11.5 Å². The Morgan fingerprint density at radius 1 is 1.20 bits per heavy atom. The minimum atomic E-state index is -3.28. The Bertz CT molecular complexity index is 687. The third-order valence-corrected chi connectivity index (χ3v) is 3.46. The predicted octanol–water partition coefficient (Wildman–Crippen LogP) is 2.72. The van der Waals surface area contributed by atoms with Crippen LogP contribution in [0.3, 0.4) is 0 Å². The Hall–Kier alpha value is -1.79. The molecular formula is C13H14ClN3O2S. The lowest BCUT2D eigenvalue weighted by Crippen LogP contribution is -2.10. The van der Waals surface area contributed by atoms with Crippen molar-refractivity contribution in [3.8, 4) is 0 Å². The molecule has 0 unspecified atom stereocenters. The number of nitrogens with zero attached hydrogens (tertiary/aromatic N) is 1. The summed E-state index contributed by atoms with van der Waals surface area (Å²) in [4.78, 5) is 4.13. The van der Waals surface area contributed by atoms with Crippen LogP contribution in [0.15, 0.2) is 42.6 Å². The van der Waals surface area contributed by atoms with Crippen molar-refractivity contribution in [3.05, 3.63) is 53.2 Å². The lowest BCUT2D eigenvalue weighted by Gasteiger charge is -2.08. The fourth-order valence-corrected chi connectivity index (χ4v) is 2.35. The van der Waals surface area contributed by atoms with Crippen molar-refractivity contribution < 1.29 is 8.42 Å². The maximum Gasteiger partial charge on any atom is 0.229 e. The zero-order valence-electron chi connectivity index (χ0n) is 10.8. The molecule has 1 heterocycles. The van der Waals surface area contributed by atoms with Crippen LogP contribution in [0, 0.1) is 0 Å². The highest BCUT2D eigenvalue weighted by Gasteiger charge is 2.03. The minimum absolute atomic E-state index is 0.427. The molecule has 5 nitrogen and oxygen atoms in total. The maximum absolute atomic E-state index is 11.1. The Morgan fingerprint density at radius 3 is 2.55 bits per heavy atom. The SMILES string of the molecule is CS(=O)(=O)Nc1ccc(NCc2ccccc2Cl)nc1. The topological polar surface area (TPSA) is 71.1 Å². The fourth-order valence-electron chi connectivity index (χ4n) is 1.60. The molecule has 20 heavy (non-hydrogen) atoms. The summed E-state index contributed by atoms with van der Waals surface area (Å²) in [5.74, 6) is 0.643. The summed E-state index contributed by atoms with van der Waals surface area (Å²) >= 11 is 6.05. The number of anilines is 2. The van der Waals surface area contributed by atoms with Gasteiger partial charge in [-0.3, -0.25) is 4.72 Å². The van der Waals surface area contributed by atoms with E-state index in [1.54, 1.807) is 12.1 Å². The van der Waals surface area contributed by atoms with E-state index in [0.717, 1.165) is 11.8 Å². The molecule has 2 rings (SSSR count). The van der Waals surface area contributed by atoms with Gasteiger partial charge in [-0.15, -0.1) is 0 Å². The lowest BCUT2D eigenvalue weighted by molar-refractivity contribution is 0.607. The van der Waals surface area contributed by atoms with E-state index >= 15 is 0 Å². The van der Waals surface area contributed by atoms with Crippen molar-refractivity contribution in [2.24, 2.45) is 0 Å². The van der Waals surface area contributed by atoms with Gasteiger partial charge in [0.15, 0.2) is 0 Å². The highest BCUT2D eigenvalue weighted by Crippen LogP contribution is 2.17. The van der Waals surface area contributed by atoms with Gasteiger partial charge in [-0.1, -0.05) is 29.8 Å². The summed E-state index contributed by atoms with van der Waals surface area (Å²) in [5.41, 5.74) is 1.39. The van der Waals surface area contributed by atoms with Gasteiger partial charge < -0.3 is 5.32 Å². The molecule has 0 aliphatic heterocycles. The molecule has 106 valence electrons. The number of halogens is 1. The standard InChI is InChI=1S/C13H14ClN3O2S/c1-20(18,19)17-11-6-7-13(16-9-11)15-8-10-4-2-3-5-12(10)14/h2-7,9,17H,8H2,1H3,(H,15,16). The van der Waals surface area contributed by atoms with Gasteiger partial charge in [0, 0.05) is 11.6 Å². The molecule has 0 aliphatic carbocycles. The average molecular weight is 312 g/mol. The number of rotatable bonds is 5. The van der Waals surface area contributed by atoms with Crippen molar-refractivity contribution in [1.82, 2.24) is 4.98 Å². The number of aromatic nitrogens is 1. The molecule has 0 bridgehead atoms. The highest BCUT2D eigenvalue weighted by molar-refractivity contribution is 7.92. The second kappa shape index (κ2) is 6.11. The van der Waals surface area contributed by atoms with E-state index in [-0.39, 0.29) is 0 Å². The summed E-state index contributed by atoms with van der Waals surface area (Å²) in [6, 6.07) is 10.9. The molecule has 2 aromatic rings. The number of hydrogen-bond acceptors (Lipinski definition) is 4. The molecule has 1 aromatic carbocycles. The van der Waals surface area contributed by atoms with E-state index in [1.807, 2.05) is 24.3 Å². The molecular weight excluding hydrogens is 298 g/mol. The molecule has 0 spiro atoms. The smallest absolute Gasteiger partial charge is 0.229 e. The highest BCUT2D eigenvalue weighted by atomic mass is 35.5. The number of sulfonamides is 1. The zero-order chi connectivity index (χ0) is 14.6. The molecule has 0 fully saturated rings. The third kappa shape index (κ3) is 4.40. The number of benzene rings is 1. The first-order chi connectivity index (χ1) is 9.44. The Kier molecular flexibility index (Phi) is 4.46. The second-order valence-electron chi connectivity index (χ2n) is 4.25. The van der Waals surface area contributed by atoms with Crippen molar-refractivity contribution in [2.45, 2.75) is 6.54 Å². The first-order valence-corrected chi connectivity index (χ1v) is 8.12. The molecule has 0 amide bonds. The number of pyridine rings is 1. The molecule has 0 saturated heterocycles. The van der Waals surface area contributed by atoms with E-state index in [1.165, 1.54) is 6.20 Å². The third-order valence-electron chi connectivity index (χ3n) is 2.48. The van der Waals surface area contributed by atoms with Gasteiger partial charge in [-0.05, 0) is 23.8 Å². The van der Waals surface area contributed by atoms with E-state index in [2.05, 4.69) is 15.0 Å². The lowest BCUT2D eigenvalue weighted by atomic mass is 10.2. The van der Waals surface area contributed by atoms with Crippen LogP contribution in [0.25, 0.3) is 0 Å². The Morgan fingerprint density at radius 2 is 1.95 bits per heavy atom. The summed E-state index contributed by atoms with van der Waals surface area (Å²) in [6.07, 6.45) is 2.55. The van der Waals surface area contributed by atoms with Crippen LogP contribution in [-0.4, -0.2) is 19.7 Å². The molecule has 0 saturated carbocycles. The van der Waals surface area contributed by atoms with Gasteiger partial charge >= 0.3 is 0 Å². The van der Waals surface area contributed by atoms with Gasteiger partial charge in [0.05, 0.1) is 18.1 Å². The summed E-state index contributed by atoms with van der Waals surface area (Å²) in [5, 5.41) is 3.81. The first kappa shape index (κ1) is 14.6. The van der Waals surface area contributed by atoms with Crippen LogP contribution in [-0.2, 0) is 16.6 Å². The van der Waals surface area contributed by atoms with E-state index in [9.17, 15) is 8.42 Å². The minimum Gasteiger partial charge on any atom is -0.366 e. The van der Waals surface area contributed by atoms with Crippen molar-refractivity contribution in [1.29, 1.82) is 0 Å². The molecule has 0 atom stereocenters. The largest absolute Gasteiger partial charge is 0.366 e. The van der Waals surface area contributed by atoms with Crippen LogP contribution in [0.1, 0.15) is 5.56 Å². The predicted molar refractivity (Wildman–Crippen MR) is 81.5 cm³/mol. The second-order valence-corrected chi connectivity index (χ2v) is 6.41. The van der Waals surface area contributed by atoms with Crippen molar-refractivity contribution >= 4 is 33.1 Å². The van der Waals surface area contributed by atoms with Gasteiger partial charge in [0.25, 0.3) is 0 Å². The van der Waals surface area contributed by atoms with Gasteiger partial charge in [-0.2, -0.15) is 0 Å². The van der Waals surface area contributed by atoms with Crippen molar-refractivity contribution in [3.63, 3.8) is 0 Å². The molecule has 7 heteroatoms. The number of hydrogen-bond donors (Lipinski definition) is 2. The fraction of sp³-hybridized carbons (Fsp3) is 0.154. The Labute approximate surface area is 123 Å². The summed E-state index contributed by atoms with van der Waals surface area (Å²) in [6.45, 7) is 0.547. The van der Waals surface area contributed by atoms with Gasteiger partial charge in [0.1, 0.15) is 5.82 Å². The van der Waals surface area contributed by atoms with Crippen LogP contribution < -0.4 is 10.0 Å².